The fourth-order valence-electron chi connectivity index (χ4n) is 3.81. The number of aryl methyl sites for hydroxylation is 2. The molecule has 1 aromatic heterocycles. The number of nitrogens with zero attached hydrogens (tertiary/aromatic N) is 3. The second-order valence-electron chi connectivity index (χ2n) is 7.31. The number of nitrogens with two attached hydrogens (primary N) is 1. The normalized spacial score (nSPS) is 19.3. The second-order valence-corrected chi connectivity index (χ2v) is 7.31. The SMILES string of the molecule is Cc1ccccc1-n1nc(C)c(CN(C)C(=O)C2CCC(N)C2)c1C.Cl. The van der Waals surface area contributed by atoms with Crippen LogP contribution in [0.5, 0.6) is 0 Å². The number of halogens is 1. The van der Waals surface area contributed by atoms with Gasteiger partial charge in [-0.3, -0.25) is 4.79 Å². The topological polar surface area (TPSA) is 64.2 Å². The molecule has 1 aliphatic rings. The van der Waals surface area contributed by atoms with E-state index in [9.17, 15) is 4.79 Å². The number of hydrogen-bond donors (Lipinski definition) is 1. The van der Waals surface area contributed by atoms with Crippen molar-refractivity contribution < 1.29 is 4.79 Å². The Balaban J connectivity index is 0.00000243. The minimum atomic E-state index is 0. The van der Waals surface area contributed by atoms with Crippen molar-refractivity contribution in [3.05, 3.63) is 46.8 Å². The van der Waals surface area contributed by atoms with Crippen LogP contribution in [-0.2, 0) is 11.3 Å². The summed E-state index contributed by atoms with van der Waals surface area (Å²) >= 11 is 0. The van der Waals surface area contributed by atoms with E-state index in [1.54, 1.807) is 0 Å². The maximum absolute atomic E-state index is 12.7. The van der Waals surface area contributed by atoms with Crippen molar-refractivity contribution in [3.63, 3.8) is 0 Å². The second kappa shape index (κ2) is 8.23. The molecule has 3 rings (SSSR count). The maximum Gasteiger partial charge on any atom is 0.225 e. The van der Waals surface area contributed by atoms with Gasteiger partial charge >= 0.3 is 0 Å². The first-order valence-corrected chi connectivity index (χ1v) is 9.00. The van der Waals surface area contributed by atoms with Gasteiger partial charge in [-0.25, -0.2) is 4.68 Å². The molecular formula is C20H29ClN4O. The average Bonchev–Trinajstić information content (AvgIpc) is 3.13. The van der Waals surface area contributed by atoms with E-state index in [1.807, 2.05) is 35.7 Å². The van der Waals surface area contributed by atoms with Gasteiger partial charge in [0.15, 0.2) is 0 Å². The molecular weight excluding hydrogens is 348 g/mol. The van der Waals surface area contributed by atoms with E-state index in [-0.39, 0.29) is 30.3 Å². The highest BCUT2D eigenvalue weighted by atomic mass is 35.5. The summed E-state index contributed by atoms with van der Waals surface area (Å²) in [6, 6.07) is 8.40. The molecule has 0 aliphatic heterocycles. The summed E-state index contributed by atoms with van der Waals surface area (Å²) in [5.74, 6) is 0.280. The highest BCUT2D eigenvalue weighted by molar-refractivity contribution is 5.85. The number of rotatable bonds is 4. The van der Waals surface area contributed by atoms with E-state index in [2.05, 4.69) is 26.0 Å². The molecule has 1 aliphatic carbocycles. The van der Waals surface area contributed by atoms with Gasteiger partial charge in [-0.15, -0.1) is 12.4 Å². The van der Waals surface area contributed by atoms with E-state index >= 15 is 0 Å². The summed E-state index contributed by atoms with van der Waals surface area (Å²) in [6.07, 6.45) is 2.67. The molecule has 5 nitrogen and oxygen atoms in total. The Morgan fingerprint density at radius 1 is 1.27 bits per heavy atom. The molecule has 1 aromatic carbocycles. The van der Waals surface area contributed by atoms with Crippen LogP contribution >= 0.6 is 12.4 Å². The van der Waals surface area contributed by atoms with Gasteiger partial charge in [0.1, 0.15) is 0 Å². The Morgan fingerprint density at radius 2 is 1.96 bits per heavy atom. The van der Waals surface area contributed by atoms with E-state index in [1.165, 1.54) is 5.56 Å². The summed E-state index contributed by atoms with van der Waals surface area (Å²) in [7, 11) is 1.89. The van der Waals surface area contributed by atoms with Gasteiger partial charge in [-0.2, -0.15) is 5.10 Å². The molecule has 0 saturated heterocycles. The molecule has 1 heterocycles. The summed E-state index contributed by atoms with van der Waals surface area (Å²) in [6.45, 7) is 6.77. The van der Waals surface area contributed by atoms with Crippen molar-refractivity contribution in [3.8, 4) is 5.69 Å². The lowest BCUT2D eigenvalue weighted by Gasteiger charge is -2.21. The van der Waals surface area contributed by atoms with Crippen LogP contribution in [0.15, 0.2) is 24.3 Å². The summed E-state index contributed by atoms with van der Waals surface area (Å²) in [5, 5.41) is 4.72. The summed E-state index contributed by atoms with van der Waals surface area (Å²) < 4.78 is 1.99. The maximum atomic E-state index is 12.7. The molecule has 0 spiro atoms. The van der Waals surface area contributed by atoms with Crippen LogP contribution in [0.1, 0.15) is 41.8 Å². The highest BCUT2D eigenvalue weighted by Gasteiger charge is 2.30. The molecule has 6 heteroatoms. The first kappa shape index (κ1) is 20.5. The lowest BCUT2D eigenvalue weighted by molar-refractivity contribution is -0.134. The molecule has 26 heavy (non-hydrogen) atoms. The molecule has 2 aromatic rings. The number of benzene rings is 1. The molecule has 1 amide bonds. The molecule has 2 N–H and O–H groups in total. The zero-order valence-corrected chi connectivity index (χ0v) is 16.8. The van der Waals surface area contributed by atoms with Gasteiger partial charge < -0.3 is 10.6 Å². The van der Waals surface area contributed by atoms with Gasteiger partial charge in [-0.1, -0.05) is 18.2 Å². The Hall–Kier alpha value is -1.85. The molecule has 0 bridgehead atoms. The van der Waals surface area contributed by atoms with E-state index in [4.69, 9.17) is 10.8 Å². The predicted molar refractivity (Wildman–Crippen MR) is 107 cm³/mol. The van der Waals surface area contributed by atoms with Crippen LogP contribution in [0.4, 0.5) is 0 Å². The van der Waals surface area contributed by atoms with E-state index in [0.717, 1.165) is 41.9 Å². The third kappa shape index (κ3) is 3.94. The van der Waals surface area contributed by atoms with Crippen LogP contribution in [-0.4, -0.2) is 33.7 Å². The Labute approximate surface area is 162 Å². The largest absolute Gasteiger partial charge is 0.341 e. The van der Waals surface area contributed by atoms with Crippen molar-refractivity contribution in [1.82, 2.24) is 14.7 Å². The molecule has 142 valence electrons. The number of carbonyl (C=O) groups excluding carboxylic acids is 1. The molecule has 2 atom stereocenters. The zero-order valence-electron chi connectivity index (χ0n) is 16.0. The third-order valence-electron chi connectivity index (χ3n) is 5.38. The molecule has 1 fully saturated rings. The quantitative estimate of drug-likeness (QED) is 0.890. The van der Waals surface area contributed by atoms with Gasteiger partial charge in [0.2, 0.25) is 5.91 Å². The van der Waals surface area contributed by atoms with Gasteiger partial charge in [-0.05, 0) is 51.7 Å². The van der Waals surface area contributed by atoms with Crippen molar-refractivity contribution in [1.29, 1.82) is 0 Å². The minimum absolute atomic E-state index is 0. The Bertz CT molecular complexity index is 786. The lowest BCUT2D eigenvalue weighted by atomic mass is 10.1. The van der Waals surface area contributed by atoms with Gasteiger partial charge in [0, 0.05) is 36.8 Å². The van der Waals surface area contributed by atoms with Gasteiger partial charge in [0.05, 0.1) is 11.4 Å². The Kier molecular flexibility index (Phi) is 6.48. The van der Waals surface area contributed by atoms with Crippen molar-refractivity contribution in [2.75, 3.05) is 7.05 Å². The first-order valence-electron chi connectivity index (χ1n) is 9.00. The molecule has 2 unspecified atom stereocenters. The standard InChI is InChI=1S/C20H28N4O.ClH/c1-13-7-5-6-8-19(13)24-15(3)18(14(2)22-24)12-23(4)20(25)16-9-10-17(21)11-16;/h5-8,16-17H,9-12,21H2,1-4H3;1H. The smallest absolute Gasteiger partial charge is 0.225 e. The number of aromatic nitrogens is 2. The number of amides is 1. The first-order chi connectivity index (χ1) is 11.9. The Morgan fingerprint density at radius 3 is 2.58 bits per heavy atom. The van der Waals surface area contributed by atoms with E-state index in [0.29, 0.717) is 6.54 Å². The van der Waals surface area contributed by atoms with Crippen molar-refractivity contribution in [2.45, 2.75) is 52.6 Å². The molecule has 1 saturated carbocycles. The zero-order chi connectivity index (χ0) is 18.1. The highest BCUT2D eigenvalue weighted by Crippen LogP contribution is 2.27. The van der Waals surface area contributed by atoms with E-state index < -0.39 is 0 Å². The van der Waals surface area contributed by atoms with Crippen LogP contribution in [0.3, 0.4) is 0 Å². The summed E-state index contributed by atoms with van der Waals surface area (Å²) in [5.41, 5.74) is 11.4. The minimum Gasteiger partial charge on any atom is -0.341 e. The summed E-state index contributed by atoms with van der Waals surface area (Å²) in [4.78, 5) is 14.5. The molecule has 0 radical (unpaired) electrons. The number of hydrogen-bond acceptors (Lipinski definition) is 3. The number of carbonyl (C=O) groups is 1. The average molecular weight is 377 g/mol. The van der Waals surface area contributed by atoms with Crippen molar-refractivity contribution in [2.24, 2.45) is 11.7 Å². The number of para-hydroxylation sites is 1. The predicted octanol–water partition coefficient (Wildman–Crippen LogP) is 3.31. The van der Waals surface area contributed by atoms with Crippen LogP contribution < -0.4 is 5.73 Å². The van der Waals surface area contributed by atoms with Crippen LogP contribution in [0.25, 0.3) is 5.69 Å². The lowest BCUT2D eigenvalue weighted by Crippen LogP contribution is -2.32. The third-order valence-corrected chi connectivity index (χ3v) is 5.38. The van der Waals surface area contributed by atoms with Gasteiger partial charge in [0.25, 0.3) is 0 Å². The van der Waals surface area contributed by atoms with Crippen LogP contribution in [0.2, 0.25) is 0 Å². The van der Waals surface area contributed by atoms with Crippen LogP contribution in [0, 0.1) is 26.7 Å². The van der Waals surface area contributed by atoms with Crippen molar-refractivity contribution >= 4 is 18.3 Å². The monoisotopic (exact) mass is 376 g/mol. The fraction of sp³-hybridized carbons (Fsp3) is 0.500. The fourth-order valence-corrected chi connectivity index (χ4v) is 3.81.